The highest BCUT2D eigenvalue weighted by molar-refractivity contribution is 5.88. The maximum atomic E-state index is 11.8. The molecule has 0 amide bonds. The number of esters is 1. The second-order valence-electron chi connectivity index (χ2n) is 6.64. The zero-order valence-electron chi connectivity index (χ0n) is 13.6. The van der Waals surface area contributed by atoms with E-state index >= 15 is 0 Å². The first-order chi connectivity index (χ1) is 11.2. The highest BCUT2D eigenvalue weighted by Crippen LogP contribution is 2.44. The summed E-state index contributed by atoms with van der Waals surface area (Å²) in [5.41, 5.74) is 5.22. The van der Waals surface area contributed by atoms with Crippen LogP contribution < -0.4 is 0 Å². The van der Waals surface area contributed by atoms with E-state index in [1.165, 1.54) is 27.6 Å². The summed E-state index contributed by atoms with van der Waals surface area (Å²) >= 11 is 0. The Kier molecular flexibility index (Phi) is 3.49. The highest BCUT2D eigenvalue weighted by Gasteiger charge is 2.37. The van der Waals surface area contributed by atoms with Gasteiger partial charge in [0.15, 0.2) is 0 Å². The van der Waals surface area contributed by atoms with Crippen LogP contribution in [0.15, 0.2) is 36.0 Å². The number of hydrogen-bond acceptors (Lipinski definition) is 3. The fourth-order valence-electron chi connectivity index (χ4n) is 4.28. The zero-order valence-corrected chi connectivity index (χ0v) is 13.6. The third-order valence-electron chi connectivity index (χ3n) is 5.22. The molecule has 0 spiro atoms. The van der Waals surface area contributed by atoms with Crippen molar-refractivity contribution in [3.8, 4) is 0 Å². The number of nitrogens with zero attached hydrogens (tertiary/aromatic N) is 1. The molecule has 1 aliphatic carbocycles. The summed E-state index contributed by atoms with van der Waals surface area (Å²) in [7, 11) is 2.16. The first kappa shape index (κ1) is 14.5. The van der Waals surface area contributed by atoms with Gasteiger partial charge in [0.2, 0.25) is 0 Å². The predicted octanol–water partition coefficient (Wildman–Crippen LogP) is 3.00. The monoisotopic (exact) mass is 310 g/mol. The summed E-state index contributed by atoms with van der Waals surface area (Å²) in [5.74, 6) is 0.229. The summed E-state index contributed by atoms with van der Waals surface area (Å²) in [4.78, 5) is 17.6. The van der Waals surface area contributed by atoms with Gasteiger partial charge in [-0.2, -0.15) is 0 Å². The quantitative estimate of drug-likeness (QED) is 0.685. The van der Waals surface area contributed by atoms with E-state index in [-0.39, 0.29) is 5.97 Å². The molecule has 2 aliphatic rings. The van der Waals surface area contributed by atoms with Crippen molar-refractivity contribution < 1.29 is 9.53 Å². The smallest absolute Gasteiger partial charge is 0.330 e. The van der Waals surface area contributed by atoms with Crippen molar-refractivity contribution in [1.29, 1.82) is 0 Å². The fraction of sp³-hybridized carbons (Fsp3) is 0.421. The molecule has 1 unspecified atom stereocenters. The van der Waals surface area contributed by atoms with E-state index in [0.29, 0.717) is 18.6 Å². The molecule has 1 fully saturated rings. The van der Waals surface area contributed by atoms with Crippen LogP contribution in [0.2, 0.25) is 0 Å². The molecular formula is C19H22N2O2. The molecule has 2 atom stereocenters. The van der Waals surface area contributed by atoms with Crippen molar-refractivity contribution in [1.82, 2.24) is 9.88 Å². The lowest BCUT2D eigenvalue weighted by Crippen LogP contribution is -2.45. The highest BCUT2D eigenvalue weighted by atomic mass is 16.5. The predicted molar refractivity (Wildman–Crippen MR) is 90.5 cm³/mol. The molecule has 0 bridgehead atoms. The third kappa shape index (κ3) is 2.38. The van der Waals surface area contributed by atoms with Crippen LogP contribution in [-0.2, 0) is 16.0 Å². The van der Waals surface area contributed by atoms with Crippen molar-refractivity contribution in [2.75, 3.05) is 20.2 Å². The van der Waals surface area contributed by atoms with Crippen LogP contribution in [-0.4, -0.2) is 42.1 Å². The minimum absolute atomic E-state index is 0.217. The van der Waals surface area contributed by atoms with Gasteiger partial charge < -0.3 is 9.72 Å². The molecule has 23 heavy (non-hydrogen) atoms. The number of aromatic nitrogens is 1. The summed E-state index contributed by atoms with van der Waals surface area (Å²) in [6.45, 7) is 3.11. The Bertz CT molecular complexity index is 790. The van der Waals surface area contributed by atoms with E-state index in [4.69, 9.17) is 4.74 Å². The second-order valence-corrected chi connectivity index (χ2v) is 6.64. The number of fused-ring (bicyclic) bond motifs is 2. The molecule has 1 aliphatic heterocycles. The second kappa shape index (κ2) is 5.53. The Morgan fingerprint density at radius 1 is 1.43 bits per heavy atom. The topological polar surface area (TPSA) is 45.3 Å². The number of aromatic amines is 1. The van der Waals surface area contributed by atoms with Crippen LogP contribution in [0.5, 0.6) is 0 Å². The Morgan fingerprint density at radius 2 is 2.30 bits per heavy atom. The van der Waals surface area contributed by atoms with Crippen molar-refractivity contribution >= 4 is 16.9 Å². The lowest BCUT2D eigenvalue weighted by molar-refractivity contribution is -0.137. The van der Waals surface area contributed by atoms with E-state index in [0.717, 1.165) is 19.4 Å². The summed E-state index contributed by atoms with van der Waals surface area (Å²) in [5, 5.41) is 1.39. The number of hydrogen-bond donors (Lipinski definition) is 1. The molecule has 120 valence electrons. The van der Waals surface area contributed by atoms with Crippen molar-refractivity contribution in [2.24, 2.45) is 0 Å². The van der Waals surface area contributed by atoms with Crippen molar-refractivity contribution in [3.05, 3.63) is 47.2 Å². The number of ether oxygens (including phenoxy) is 1. The van der Waals surface area contributed by atoms with Crippen LogP contribution in [0.3, 0.4) is 0 Å². The minimum Gasteiger partial charge on any atom is -0.463 e. The average molecular weight is 310 g/mol. The number of rotatable bonds is 2. The molecule has 2 aromatic rings. The number of benzene rings is 1. The Morgan fingerprint density at radius 3 is 3.13 bits per heavy atom. The molecule has 1 aromatic carbocycles. The van der Waals surface area contributed by atoms with Gasteiger partial charge in [-0.25, -0.2) is 4.79 Å². The van der Waals surface area contributed by atoms with Gasteiger partial charge >= 0.3 is 5.97 Å². The summed E-state index contributed by atoms with van der Waals surface area (Å²) in [6.07, 6.45) is 5.87. The number of H-pyrrole nitrogens is 1. The van der Waals surface area contributed by atoms with Gasteiger partial charge in [0.1, 0.15) is 0 Å². The van der Waals surface area contributed by atoms with E-state index in [2.05, 4.69) is 41.3 Å². The molecule has 4 nitrogen and oxygen atoms in total. The van der Waals surface area contributed by atoms with Crippen LogP contribution in [0.25, 0.3) is 10.9 Å². The maximum absolute atomic E-state index is 11.8. The van der Waals surface area contributed by atoms with Gasteiger partial charge in [0.25, 0.3) is 0 Å². The average Bonchev–Trinajstić information content (AvgIpc) is 2.93. The number of likely N-dealkylation sites (N-methyl/N-ethyl adjacent to an activating group) is 1. The molecule has 1 aromatic heterocycles. The minimum atomic E-state index is -0.217. The largest absolute Gasteiger partial charge is 0.463 e. The molecule has 4 heteroatoms. The lowest BCUT2D eigenvalue weighted by Gasteiger charge is -2.43. The number of carbonyl (C=O) groups excluding carboxylic acids is 1. The summed E-state index contributed by atoms with van der Waals surface area (Å²) in [6, 6.07) is 7.02. The van der Waals surface area contributed by atoms with E-state index in [9.17, 15) is 4.79 Å². The normalized spacial score (nSPS) is 25.6. The first-order valence-electron chi connectivity index (χ1n) is 8.32. The maximum Gasteiger partial charge on any atom is 0.330 e. The van der Waals surface area contributed by atoms with Crippen LogP contribution in [0.4, 0.5) is 0 Å². The molecule has 4 rings (SSSR count). The zero-order chi connectivity index (χ0) is 16.0. The standard InChI is InChI=1S/C19H22N2O2/c1-3-23-18(22)8-12-7-15-14-5-4-6-16-19(14)13(10-20-16)9-17(15)21(2)11-12/h4-6,8,10,15,17,20H,3,7,9,11H2,1-2H3/b12-8-/t15?,17-/m1/s1. The van der Waals surface area contributed by atoms with Gasteiger partial charge in [0, 0.05) is 41.7 Å². The van der Waals surface area contributed by atoms with Gasteiger partial charge in [-0.15, -0.1) is 0 Å². The van der Waals surface area contributed by atoms with Gasteiger partial charge in [0.05, 0.1) is 6.61 Å². The van der Waals surface area contributed by atoms with Crippen LogP contribution in [0.1, 0.15) is 30.4 Å². The van der Waals surface area contributed by atoms with E-state index < -0.39 is 0 Å². The van der Waals surface area contributed by atoms with Crippen LogP contribution >= 0.6 is 0 Å². The fourth-order valence-corrected chi connectivity index (χ4v) is 4.28. The number of carbonyl (C=O) groups is 1. The van der Waals surface area contributed by atoms with Gasteiger partial charge in [-0.1, -0.05) is 12.1 Å². The molecule has 2 heterocycles. The Labute approximate surface area is 136 Å². The Balaban J connectivity index is 1.72. The first-order valence-corrected chi connectivity index (χ1v) is 8.32. The van der Waals surface area contributed by atoms with Crippen LogP contribution in [0, 0.1) is 0 Å². The van der Waals surface area contributed by atoms with Crippen molar-refractivity contribution in [2.45, 2.75) is 31.7 Å². The van der Waals surface area contributed by atoms with E-state index in [1.54, 1.807) is 6.08 Å². The number of nitrogens with one attached hydrogen (secondary N) is 1. The lowest BCUT2D eigenvalue weighted by atomic mass is 9.74. The van der Waals surface area contributed by atoms with Gasteiger partial charge in [-0.05, 0) is 49.6 Å². The number of likely N-dealkylation sites (tertiary alicyclic amines) is 1. The van der Waals surface area contributed by atoms with Crippen molar-refractivity contribution in [3.63, 3.8) is 0 Å². The number of piperidine rings is 1. The summed E-state index contributed by atoms with van der Waals surface area (Å²) < 4.78 is 5.08. The van der Waals surface area contributed by atoms with Gasteiger partial charge in [-0.3, -0.25) is 4.90 Å². The molecule has 0 saturated carbocycles. The molecule has 0 radical (unpaired) electrons. The third-order valence-corrected chi connectivity index (χ3v) is 5.22. The molecular weight excluding hydrogens is 288 g/mol. The Hall–Kier alpha value is -2.07. The molecule has 1 N–H and O–H groups in total. The SMILES string of the molecule is CCOC(=O)/C=C1/CC2c3cccc4[nH]cc(c34)C[C@H]2N(C)C1. The molecule has 1 saturated heterocycles. The van der Waals surface area contributed by atoms with E-state index in [1.807, 2.05) is 6.92 Å².